The topological polar surface area (TPSA) is 72.8 Å². The maximum absolute atomic E-state index is 11.5. The number of aromatic hydroxyl groups is 1. The highest BCUT2D eigenvalue weighted by atomic mass is 16.5. The highest BCUT2D eigenvalue weighted by Gasteiger charge is 2.06. The van der Waals surface area contributed by atoms with Gasteiger partial charge in [-0.1, -0.05) is 12.1 Å². The molecule has 0 bridgehead atoms. The van der Waals surface area contributed by atoms with Crippen molar-refractivity contribution >= 4 is 18.0 Å². The Morgan fingerprint density at radius 3 is 2.62 bits per heavy atom. The van der Waals surface area contributed by atoms with E-state index < -0.39 is 11.9 Å². The number of phenolic OH excluding ortho intramolecular Hbond substituents is 1. The van der Waals surface area contributed by atoms with E-state index in [4.69, 9.17) is 9.47 Å². The molecule has 0 aliphatic rings. The molecule has 1 aromatic rings. The Bertz CT molecular complexity index is 584. The molecule has 0 aliphatic carbocycles. The summed E-state index contributed by atoms with van der Waals surface area (Å²) in [6.45, 7) is 5.21. The Kier molecular flexibility index (Phi) is 6.20. The standard InChI is InChI=1S/C16H18O5/c1-4-11(2)10-20-16(19)8-6-13-5-7-14(18)15(9-13)21-12(3)17/h4-9,18H,10H2,1-3H3/b8-6+,11-4+. The van der Waals surface area contributed by atoms with E-state index >= 15 is 0 Å². The zero-order valence-electron chi connectivity index (χ0n) is 12.3. The molecule has 0 atom stereocenters. The van der Waals surface area contributed by atoms with Crippen molar-refractivity contribution in [2.45, 2.75) is 20.8 Å². The van der Waals surface area contributed by atoms with Crippen LogP contribution in [0.5, 0.6) is 11.5 Å². The lowest BCUT2D eigenvalue weighted by Crippen LogP contribution is -2.03. The minimum absolute atomic E-state index is 0.0442. The number of allylic oxidation sites excluding steroid dienone is 1. The number of rotatable bonds is 5. The summed E-state index contributed by atoms with van der Waals surface area (Å²) in [7, 11) is 0. The summed E-state index contributed by atoms with van der Waals surface area (Å²) < 4.78 is 9.85. The van der Waals surface area contributed by atoms with Crippen LogP contribution in [0.3, 0.4) is 0 Å². The maximum Gasteiger partial charge on any atom is 0.331 e. The zero-order chi connectivity index (χ0) is 15.8. The zero-order valence-corrected chi connectivity index (χ0v) is 12.3. The lowest BCUT2D eigenvalue weighted by atomic mass is 10.2. The monoisotopic (exact) mass is 290 g/mol. The molecular weight excluding hydrogens is 272 g/mol. The fourth-order valence-electron chi connectivity index (χ4n) is 1.35. The molecule has 1 N–H and O–H groups in total. The number of esters is 2. The molecular formula is C16H18O5. The van der Waals surface area contributed by atoms with Crippen LogP contribution in [-0.2, 0) is 14.3 Å². The lowest BCUT2D eigenvalue weighted by Gasteiger charge is -2.05. The quantitative estimate of drug-likeness (QED) is 0.391. The summed E-state index contributed by atoms with van der Waals surface area (Å²) in [6, 6.07) is 4.42. The van der Waals surface area contributed by atoms with Crippen molar-refractivity contribution in [2.75, 3.05) is 6.61 Å². The van der Waals surface area contributed by atoms with Crippen molar-refractivity contribution in [3.8, 4) is 11.5 Å². The van der Waals surface area contributed by atoms with Crippen LogP contribution in [0, 0.1) is 0 Å². The first-order valence-corrected chi connectivity index (χ1v) is 6.40. The van der Waals surface area contributed by atoms with E-state index in [9.17, 15) is 14.7 Å². The third-order valence-corrected chi connectivity index (χ3v) is 2.58. The number of benzene rings is 1. The molecule has 0 heterocycles. The fraction of sp³-hybridized carbons (Fsp3) is 0.250. The summed E-state index contributed by atoms with van der Waals surface area (Å²) in [5, 5.41) is 9.53. The van der Waals surface area contributed by atoms with Gasteiger partial charge >= 0.3 is 11.9 Å². The van der Waals surface area contributed by atoms with Crippen molar-refractivity contribution in [1.29, 1.82) is 0 Å². The lowest BCUT2D eigenvalue weighted by molar-refractivity contribution is -0.136. The van der Waals surface area contributed by atoms with E-state index in [1.807, 2.05) is 19.9 Å². The second kappa shape index (κ2) is 7.89. The molecule has 0 saturated heterocycles. The van der Waals surface area contributed by atoms with Crippen molar-refractivity contribution in [2.24, 2.45) is 0 Å². The van der Waals surface area contributed by atoms with Crippen LogP contribution in [0.2, 0.25) is 0 Å². The van der Waals surface area contributed by atoms with E-state index in [2.05, 4.69) is 0 Å². The third-order valence-electron chi connectivity index (χ3n) is 2.58. The Hall–Kier alpha value is -2.56. The predicted octanol–water partition coefficient (Wildman–Crippen LogP) is 2.84. The molecule has 112 valence electrons. The fourth-order valence-corrected chi connectivity index (χ4v) is 1.35. The van der Waals surface area contributed by atoms with E-state index in [-0.39, 0.29) is 18.1 Å². The molecule has 1 aromatic carbocycles. The van der Waals surface area contributed by atoms with Gasteiger partial charge in [0.05, 0.1) is 0 Å². The Balaban J connectivity index is 2.71. The van der Waals surface area contributed by atoms with Gasteiger partial charge in [-0.25, -0.2) is 4.79 Å². The molecule has 0 aliphatic heterocycles. The van der Waals surface area contributed by atoms with E-state index in [0.29, 0.717) is 5.56 Å². The summed E-state index contributed by atoms with van der Waals surface area (Å²) in [4.78, 5) is 22.4. The predicted molar refractivity (Wildman–Crippen MR) is 78.8 cm³/mol. The van der Waals surface area contributed by atoms with Gasteiger partial charge in [0, 0.05) is 13.0 Å². The minimum atomic E-state index is -0.535. The summed E-state index contributed by atoms with van der Waals surface area (Å²) in [6.07, 6.45) is 4.65. The first kappa shape index (κ1) is 16.5. The average molecular weight is 290 g/mol. The van der Waals surface area contributed by atoms with Gasteiger partial charge in [0.25, 0.3) is 0 Å². The molecule has 5 heteroatoms. The second-order valence-electron chi connectivity index (χ2n) is 4.40. The first-order chi connectivity index (χ1) is 9.92. The molecule has 0 spiro atoms. The van der Waals surface area contributed by atoms with Crippen molar-refractivity contribution in [3.63, 3.8) is 0 Å². The smallest absolute Gasteiger partial charge is 0.331 e. The first-order valence-electron chi connectivity index (χ1n) is 6.40. The van der Waals surface area contributed by atoms with Crippen molar-refractivity contribution in [1.82, 2.24) is 0 Å². The van der Waals surface area contributed by atoms with Gasteiger partial charge in [-0.2, -0.15) is 0 Å². The third kappa shape index (κ3) is 5.95. The normalized spacial score (nSPS) is 11.5. The second-order valence-corrected chi connectivity index (χ2v) is 4.40. The molecule has 5 nitrogen and oxygen atoms in total. The Labute approximate surface area is 123 Å². The van der Waals surface area contributed by atoms with Crippen molar-refractivity contribution in [3.05, 3.63) is 41.5 Å². The maximum atomic E-state index is 11.5. The van der Waals surface area contributed by atoms with Gasteiger partial charge in [-0.05, 0) is 43.2 Å². The molecule has 0 saturated carbocycles. The van der Waals surface area contributed by atoms with Gasteiger partial charge in [0.15, 0.2) is 11.5 Å². The summed E-state index contributed by atoms with van der Waals surface area (Å²) in [5.74, 6) is -1.11. The molecule has 0 fully saturated rings. The van der Waals surface area contributed by atoms with Crippen LogP contribution >= 0.6 is 0 Å². The molecule has 0 amide bonds. The Morgan fingerprint density at radius 2 is 2.00 bits per heavy atom. The average Bonchev–Trinajstić information content (AvgIpc) is 2.44. The van der Waals surface area contributed by atoms with Gasteiger partial charge in [-0.15, -0.1) is 0 Å². The Morgan fingerprint density at radius 1 is 1.29 bits per heavy atom. The molecule has 0 unspecified atom stereocenters. The van der Waals surface area contributed by atoms with Crippen molar-refractivity contribution < 1.29 is 24.2 Å². The van der Waals surface area contributed by atoms with Crippen LogP contribution < -0.4 is 4.74 Å². The van der Waals surface area contributed by atoms with E-state index in [1.165, 1.54) is 31.2 Å². The van der Waals surface area contributed by atoms with E-state index in [1.54, 1.807) is 6.07 Å². The number of phenols is 1. The summed E-state index contributed by atoms with van der Waals surface area (Å²) in [5.41, 5.74) is 1.56. The highest BCUT2D eigenvalue weighted by Crippen LogP contribution is 2.27. The largest absolute Gasteiger partial charge is 0.504 e. The number of hydrogen-bond acceptors (Lipinski definition) is 5. The number of carbonyl (C=O) groups is 2. The molecule has 0 aromatic heterocycles. The van der Waals surface area contributed by atoms with Crippen LogP contribution in [0.25, 0.3) is 6.08 Å². The number of ether oxygens (including phenoxy) is 2. The molecule has 0 radical (unpaired) electrons. The highest BCUT2D eigenvalue weighted by molar-refractivity contribution is 5.87. The van der Waals surface area contributed by atoms with Crippen LogP contribution in [-0.4, -0.2) is 23.7 Å². The SMILES string of the molecule is C/C=C(\C)COC(=O)/C=C/c1ccc(O)c(OC(C)=O)c1. The molecule has 1 rings (SSSR count). The van der Waals surface area contributed by atoms with Gasteiger partial charge < -0.3 is 14.6 Å². The number of carbonyl (C=O) groups excluding carboxylic acids is 2. The van der Waals surface area contributed by atoms with E-state index in [0.717, 1.165) is 5.57 Å². The van der Waals surface area contributed by atoms with Gasteiger partial charge in [0.2, 0.25) is 0 Å². The van der Waals surface area contributed by atoms with Crippen LogP contribution in [0.1, 0.15) is 26.3 Å². The van der Waals surface area contributed by atoms with Gasteiger partial charge in [-0.3, -0.25) is 4.79 Å². The van der Waals surface area contributed by atoms with Gasteiger partial charge in [0.1, 0.15) is 6.61 Å². The van der Waals surface area contributed by atoms with Crippen LogP contribution in [0.15, 0.2) is 35.9 Å². The molecule has 21 heavy (non-hydrogen) atoms. The van der Waals surface area contributed by atoms with Crippen LogP contribution in [0.4, 0.5) is 0 Å². The minimum Gasteiger partial charge on any atom is -0.504 e. The summed E-state index contributed by atoms with van der Waals surface area (Å²) >= 11 is 0. The number of hydrogen-bond donors (Lipinski definition) is 1.